The van der Waals surface area contributed by atoms with Crippen molar-refractivity contribution in [2.45, 2.75) is 19.3 Å². The number of benzene rings is 2. The van der Waals surface area contributed by atoms with Gasteiger partial charge in [0.1, 0.15) is 0 Å². The van der Waals surface area contributed by atoms with Gasteiger partial charge in [0, 0.05) is 30.0 Å². The fourth-order valence-electron chi connectivity index (χ4n) is 3.72. The highest BCUT2D eigenvalue weighted by molar-refractivity contribution is 9.11. The molecule has 0 spiro atoms. The minimum Gasteiger partial charge on any atom is -0.247 e. The number of thiophene rings is 1. The van der Waals surface area contributed by atoms with E-state index in [2.05, 4.69) is 88.8 Å². The Balaban J connectivity index is 1.88. The standard InChI is InChI=1S/C24H18BrNS/c25-17-9-3-1-2-8-16(14-15-17)23-22-19-11-5-7-13-21(19)27-24(22)18-10-4-6-12-20(18)26-23/h4-15H,1-3H2/b15-14+,16-8-,17-9+. The smallest absolute Gasteiger partial charge is 0.0799 e. The van der Waals surface area contributed by atoms with Crippen molar-refractivity contribution in [1.29, 1.82) is 0 Å². The molecule has 4 aromatic rings. The lowest BCUT2D eigenvalue weighted by molar-refractivity contribution is 0.869. The first kappa shape index (κ1) is 16.9. The van der Waals surface area contributed by atoms with Gasteiger partial charge in [-0.25, -0.2) is 4.98 Å². The minimum atomic E-state index is 1.06. The number of para-hydroxylation sites is 1. The van der Waals surface area contributed by atoms with Crippen molar-refractivity contribution in [2.24, 2.45) is 0 Å². The summed E-state index contributed by atoms with van der Waals surface area (Å²) in [4.78, 5) is 5.13. The molecule has 2 aromatic carbocycles. The molecular formula is C24H18BrNS. The zero-order valence-electron chi connectivity index (χ0n) is 14.8. The van der Waals surface area contributed by atoms with Crippen molar-refractivity contribution in [3.05, 3.63) is 83.0 Å². The molecule has 27 heavy (non-hydrogen) atoms. The molecule has 0 saturated heterocycles. The van der Waals surface area contributed by atoms with Crippen LogP contribution in [-0.2, 0) is 0 Å². The number of allylic oxidation sites excluding steroid dienone is 6. The van der Waals surface area contributed by atoms with E-state index < -0.39 is 0 Å². The van der Waals surface area contributed by atoms with E-state index in [1.807, 2.05) is 11.3 Å². The molecule has 1 nitrogen and oxygen atoms in total. The summed E-state index contributed by atoms with van der Waals surface area (Å²) in [6.45, 7) is 0. The molecule has 1 aliphatic carbocycles. The molecule has 0 atom stereocenters. The van der Waals surface area contributed by atoms with Gasteiger partial charge in [-0.05, 0) is 43.0 Å². The van der Waals surface area contributed by atoms with E-state index in [4.69, 9.17) is 4.98 Å². The van der Waals surface area contributed by atoms with Crippen LogP contribution in [0.25, 0.3) is 36.6 Å². The molecule has 0 fully saturated rings. The largest absolute Gasteiger partial charge is 0.247 e. The molecule has 0 amide bonds. The van der Waals surface area contributed by atoms with E-state index in [1.165, 1.54) is 31.1 Å². The Bertz CT molecular complexity index is 1260. The molecule has 2 heterocycles. The van der Waals surface area contributed by atoms with Crippen molar-refractivity contribution in [3.63, 3.8) is 0 Å². The van der Waals surface area contributed by atoms with Crippen molar-refractivity contribution in [3.8, 4) is 0 Å². The molecule has 0 saturated carbocycles. The monoisotopic (exact) mass is 431 g/mol. The van der Waals surface area contributed by atoms with Crippen LogP contribution in [0.5, 0.6) is 0 Å². The molecule has 0 bridgehead atoms. The highest BCUT2D eigenvalue weighted by atomic mass is 79.9. The van der Waals surface area contributed by atoms with Gasteiger partial charge in [-0.1, -0.05) is 70.6 Å². The van der Waals surface area contributed by atoms with E-state index in [1.54, 1.807) is 0 Å². The molecule has 132 valence electrons. The number of nitrogens with zero attached hydrogens (tertiary/aromatic N) is 1. The van der Waals surface area contributed by atoms with Crippen LogP contribution >= 0.6 is 27.3 Å². The summed E-state index contributed by atoms with van der Waals surface area (Å²) in [5.41, 5.74) is 3.37. The zero-order valence-corrected chi connectivity index (χ0v) is 17.2. The molecule has 1 aliphatic rings. The normalized spacial score (nSPS) is 20.5. The molecule has 2 aromatic heterocycles. The van der Waals surface area contributed by atoms with Crippen LogP contribution < -0.4 is 0 Å². The van der Waals surface area contributed by atoms with Crippen molar-refractivity contribution in [1.82, 2.24) is 4.98 Å². The minimum absolute atomic E-state index is 1.06. The molecule has 0 aliphatic heterocycles. The van der Waals surface area contributed by atoms with Crippen LogP contribution in [0.2, 0.25) is 0 Å². The highest BCUT2D eigenvalue weighted by Gasteiger charge is 2.16. The lowest BCUT2D eigenvalue weighted by Crippen LogP contribution is -1.91. The van der Waals surface area contributed by atoms with Gasteiger partial charge in [-0.3, -0.25) is 0 Å². The first-order chi connectivity index (χ1) is 13.3. The number of aromatic nitrogens is 1. The average Bonchev–Trinajstić information content (AvgIpc) is 3.13. The third-order valence-corrected chi connectivity index (χ3v) is 6.81. The van der Waals surface area contributed by atoms with Crippen LogP contribution in [0.3, 0.4) is 0 Å². The summed E-state index contributed by atoms with van der Waals surface area (Å²) in [5.74, 6) is 0. The van der Waals surface area contributed by atoms with Crippen LogP contribution in [0.15, 0.2) is 77.3 Å². The van der Waals surface area contributed by atoms with Crippen LogP contribution in [0, 0.1) is 0 Å². The number of rotatable bonds is 1. The topological polar surface area (TPSA) is 12.9 Å². The molecule has 0 N–H and O–H groups in total. The van der Waals surface area contributed by atoms with Gasteiger partial charge >= 0.3 is 0 Å². The lowest BCUT2D eigenvalue weighted by atomic mass is 10.0. The Morgan fingerprint density at radius 3 is 2.56 bits per heavy atom. The summed E-state index contributed by atoms with van der Waals surface area (Å²) in [6.07, 6.45) is 12.3. The predicted octanol–water partition coefficient (Wildman–Crippen LogP) is 8.01. The third-order valence-electron chi connectivity index (χ3n) is 5.02. The maximum Gasteiger partial charge on any atom is 0.0799 e. The van der Waals surface area contributed by atoms with Crippen LogP contribution in [0.4, 0.5) is 0 Å². The van der Waals surface area contributed by atoms with Gasteiger partial charge in [0.05, 0.1) is 11.2 Å². The second-order valence-electron chi connectivity index (χ2n) is 6.79. The second kappa shape index (κ2) is 7.06. The highest BCUT2D eigenvalue weighted by Crippen LogP contribution is 2.41. The zero-order chi connectivity index (χ0) is 18.2. The van der Waals surface area contributed by atoms with E-state index in [9.17, 15) is 0 Å². The Morgan fingerprint density at radius 2 is 1.63 bits per heavy atom. The fourth-order valence-corrected chi connectivity index (χ4v) is 5.31. The predicted molar refractivity (Wildman–Crippen MR) is 123 cm³/mol. The van der Waals surface area contributed by atoms with E-state index in [0.29, 0.717) is 0 Å². The van der Waals surface area contributed by atoms with Gasteiger partial charge in [0.2, 0.25) is 0 Å². The Morgan fingerprint density at radius 1 is 0.852 bits per heavy atom. The second-order valence-corrected chi connectivity index (χ2v) is 8.76. The summed E-state index contributed by atoms with van der Waals surface area (Å²) in [7, 11) is 0. The molecule has 0 unspecified atom stereocenters. The first-order valence-electron chi connectivity index (χ1n) is 9.25. The van der Waals surface area contributed by atoms with Crippen molar-refractivity contribution < 1.29 is 0 Å². The van der Waals surface area contributed by atoms with Gasteiger partial charge in [0.25, 0.3) is 0 Å². The number of hydrogen-bond donors (Lipinski definition) is 0. The van der Waals surface area contributed by atoms with E-state index >= 15 is 0 Å². The lowest BCUT2D eigenvalue weighted by Gasteiger charge is -2.08. The van der Waals surface area contributed by atoms with Crippen molar-refractivity contribution in [2.75, 3.05) is 0 Å². The SMILES string of the molecule is BrC1=C\CCC/C=C(c2nc3ccccc3c3sc4ccccc4c23)/C=C/1. The summed E-state index contributed by atoms with van der Waals surface area (Å²) >= 11 is 5.53. The Kier molecular flexibility index (Phi) is 4.42. The van der Waals surface area contributed by atoms with Gasteiger partial charge in [-0.15, -0.1) is 11.3 Å². The Labute approximate surface area is 170 Å². The third kappa shape index (κ3) is 3.05. The average molecular weight is 432 g/mol. The molecule has 0 radical (unpaired) electrons. The molecular weight excluding hydrogens is 414 g/mol. The van der Waals surface area contributed by atoms with Crippen molar-refractivity contribution >= 4 is 63.9 Å². The fraction of sp³-hybridized carbons (Fsp3) is 0.125. The summed E-state index contributed by atoms with van der Waals surface area (Å²) in [5, 5.41) is 3.82. The number of hydrogen-bond acceptors (Lipinski definition) is 2. The van der Waals surface area contributed by atoms with E-state index in [-0.39, 0.29) is 0 Å². The number of pyridine rings is 1. The summed E-state index contributed by atoms with van der Waals surface area (Å²) < 4.78 is 3.80. The quantitative estimate of drug-likeness (QED) is 0.297. The van der Waals surface area contributed by atoms with Crippen LogP contribution in [0.1, 0.15) is 25.0 Å². The summed E-state index contributed by atoms with van der Waals surface area (Å²) in [6, 6.07) is 17.2. The van der Waals surface area contributed by atoms with Crippen LogP contribution in [-0.4, -0.2) is 4.98 Å². The maximum absolute atomic E-state index is 5.13. The molecule has 3 heteroatoms. The number of halogens is 1. The van der Waals surface area contributed by atoms with Gasteiger partial charge < -0.3 is 0 Å². The first-order valence-corrected chi connectivity index (χ1v) is 10.9. The number of fused-ring (bicyclic) bond motifs is 5. The maximum atomic E-state index is 5.13. The Hall–Kier alpha value is -2.23. The van der Waals surface area contributed by atoms with Gasteiger partial charge in [0.15, 0.2) is 0 Å². The van der Waals surface area contributed by atoms with E-state index in [0.717, 1.165) is 35.0 Å². The van der Waals surface area contributed by atoms with Gasteiger partial charge in [-0.2, -0.15) is 0 Å². The molecule has 5 rings (SSSR count).